The Morgan fingerprint density at radius 3 is 2.38 bits per heavy atom. The summed E-state index contributed by atoms with van der Waals surface area (Å²) in [4.78, 5) is 14.0. The van der Waals surface area contributed by atoms with Gasteiger partial charge in [0, 0.05) is 18.7 Å². The Balaban J connectivity index is 2.03. The lowest BCUT2D eigenvalue weighted by atomic mass is 10.0. The number of hydrogen-bond donors (Lipinski definition) is 1. The number of benzene rings is 2. The summed E-state index contributed by atoms with van der Waals surface area (Å²) in [6.07, 6.45) is 0. The summed E-state index contributed by atoms with van der Waals surface area (Å²) >= 11 is 0. The Labute approximate surface area is 126 Å². The van der Waals surface area contributed by atoms with Gasteiger partial charge in [0.05, 0.1) is 0 Å². The zero-order valence-corrected chi connectivity index (χ0v) is 12.9. The highest BCUT2D eigenvalue weighted by molar-refractivity contribution is 5.94. The Bertz CT molecular complexity index is 603. The lowest BCUT2D eigenvalue weighted by molar-refractivity contribution is 0.0951. The van der Waals surface area contributed by atoms with Crippen LogP contribution in [-0.2, 0) is 0 Å². The largest absolute Gasteiger partial charge is 0.351 e. The third-order valence-electron chi connectivity index (χ3n) is 3.34. The van der Waals surface area contributed by atoms with Gasteiger partial charge in [-0.05, 0) is 44.3 Å². The summed E-state index contributed by atoms with van der Waals surface area (Å²) in [6.45, 7) is 3.58. The SMILES string of the molecule is Cc1cccc(-c2ccc(C(=O)NCCN(C)C)cc2)c1. The van der Waals surface area contributed by atoms with Crippen LogP contribution >= 0.6 is 0 Å². The summed E-state index contributed by atoms with van der Waals surface area (Å²) in [5.41, 5.74) is 4.24. The number of nitrogens with one attached hydrogen (secondary N) is 1. The molecule has 0 radical (unpaired) electrons. The van der Waals surface area contributed by atoms with E-state index in [9.17, 15) is 4.79 Å². The standard InChI is InChI=1S/C18H22N2O/c1-14-5-4-6-17(13-14)15-7-9-16(10-8-15)18(21)19-11-12-20(2)3/h4-10,13H,11-12H2,1-3H3,(H,19,21). The number of rotatable bonds is 5. The molecular formula is C18H22N2O. The van der Waals surface area contributed by atoms with Crippen LogP contribution in [0.4, 0.5) is 0 Å². The molecule has 0 unspecified atom stereocenters. The van der Waals surface area contributed by atoms with Crippen LogP contribution in [0.2, 0.25) is 0 Å². The van der Waals surface area contributed by atoms with Crippen molar-refractivity contribution in [3.63, 3.8) is 0 Å². The number of carbonyl (C=O) groups excluding carboxylic acids is 1. The van der Waals surface area contributed by atoms with Crippen molar-refractivity contribution >= 4 is 5.91 Å². The van der Waals surface area contributed by atoms with Crippen LogP contribution in [0, 0.1) is 6.92 Å². The molecule has 0 saturated carbocycles. The van der Waals surface area contributed by atoms with Gasteiger partial charge in [0.15, 0.2) is 0 Å². The second-order valence-corrected chi connectivity index (χ2v) is 5.51. The molecule has 0 aliphatic rings. The first-order chi connectivity index (χ1) is 10.1. The van der Waals surface area contributed by atoms with Crippen LogP contribution in [-0.4, -0.2) is 38.0 Å². The quantitative estimate of drug-likeness (QED) is 0.914. The molecule has 0 fully saturated rings. The predicted octanol–water partition coefficient (Wildman–Crippen LogP) is 2.95. The number of likely N-dealkylation sites (N-methyl/N-ethyl adjacent to an activating group) is 1. The molecule has 0 spiro atoms. The number of carbonyl (C=O) groups is 1. The van der Waals surface area contributed by atoms with Crippen molar-refractivity contribution in [1.82, 2.24) is 10.2 Å². The molecule has 0 aliphatic heterocycles. The fourth-order valence-electron chi connectivity index (χ4n) is 2.13. The Morgan fingerprint density at radius 2 is 1.76 bits per heavy atom. The second kappa shape index (κ2) is 7.04. The first-order valence-electron chi connectivity index (χ1n) is 7.16. The number of nitrogens with zero attached hydrogens (tertiary/aromatic N) is 1. The molecule has 0 aliphatic carbocycles. The minimum atomic E-state index is -0.0207. The topological polar surface area (TPSA) is 32.3 Å². The van der Waals surface area contributed by atoms with Gasteiger partial charge in [-0.15, -0.1) is 0 Å². The van der Waals surface area contributed by atoms with Gasteiger partial charge in [0.25, 0.3) is 5.91 Å². The van der Waals surface area contributed by atoms with Crippen LogP contribution < -0.4 is 5.32 Å². The highest BCUT2D eigenvalue weighted by atomic mass is 16.1. The summed E-state index contributed by atoms with van der Waals surface area (Å²) in [5.74, 6) is -0.0207. The van der Waals surface area contributed by atoms with Crippen LogP contribution in [0.3, 0.4) is 0 Å². The molecule has 2 aromatic carbocycles. The maximum atomic E-state index is 12.0. The molecule has 1 amide bonds. The molecule has 0 atom stereocenters. The molecule has 21 heavy (non-hydrogen) atoms. The Hall–Kier alpha value is -2.13. The van der Waals surface area contributed by atoms with Gasteiger partial charge in [0.1, 0.15) is 0 Å². The summed E-state index contributed by atoms with van der Waals surface area (Å²) in [6, 6.07) is 16.1. The van der Waals surface area contributed by atoms with E-state index in [1.54, 1.807) is 0 Å². The van der Waals surface area contributed by atoms with E-state index in [-0.39, 0.29) is 5.91 Å². The zero-order chi connectivity index (χ0) is 15.2. The molecule has 2 aromatic rings. The van der Waals surface area contributed by atoms with Gasteiger partial charge in [-0.25, -0.2) is 0 Å². The lowest BCUT2D eigenvalue weighted by Gasteiger charge is -2.10. The third-order valence-corrected chi connectivity index (χ3v) is 3.34. The monoisotopic (exact) mass is 282 g/mol. The number of hydrogen-bond acceptors (Lipinski definition) is 2. The molecule has 0 heterocycles. The lowest BCUT2D eigenvalue weighted by Crippen LogP contribution is -2.31. The molecular weight excluding hydrogens is 260 g/mol. The molecule has 0 saturated heterocycles. The maximum Gasteiger partial charge on any atom is 0.251 e. The Morgan fingerprint density at radius 1 is 1.05 bits per heavy atom. The van der Waals surface area contributed by atoms with E-state index in [4.69, 9.17) is 0 Å². The number of amides is 1. The summed E-state index contributed by atoms with van der Waals surface area (Å²) < 4.78 is 0. The third kappa shape index (κ3) is 4.43. The van der Waals surface area contributed by atoms with Crippen molar-refractivity contribution in [3.8, 4) is 11.1 Å². The minimum Gasteiger partial charge on any atom is -0.351 e. The van der Waals surface area contributed by atoms with E-state index in [2.05, 4.69) is 30.4 Å². The van der Waals surface area contributed by atoms with Crippen LogP contribution in [0.25, 0.3) is 11.1 Å². The Kier molecular flexibility index (Phi) is 5.12. The van der Waals surface area contributed by atoms with Crippen LogP contribution in [0.5, 0.6) is 0 Å². The van der Waals surface area contributed by atoms with E-state index in [1.165, 1.54) is 11.1 Å². The van der Waals surface area contributed by atoms with E-state index in [0.29, 0.717) is 12.1 Å². The fraction of sp³-hybridized carbons (Fsp3) is 0.278. The highest BCUT2D eigenvalue weighted by Crippen LogP contribution is 2.20. The second-order valence-electron chi connectivity index (χ2n) is 5.51. The van der Waals surface area contributed by atoms with E-state index in [1.807, 2.05) is 49.3 Å². The molecule has 0 aromatic heterocycles. The van der Waals surface area contributed by atoms with Crippen LogP contribution in [0.1, 0.15) is 15.9 Å². The number of aryl methyl sites for hydroxylation is 1. The molecule has 3 heteroatoms. The molecule has 3 nitrogen and oxygen atoms in total. The average molecular weight is 282 g/mol. The highest BCUT2D eigenvalue weighted by Gasteiger charge is 2.05. The average Bonchev–Trinajstić information content (AvgIpc) is 2.47. The smallest absolute Gasteiger partial charge is 0.251 e. The summed E-state index contributed by atoms with van der Waals surface area (Å²) in [5, 5.41) is 2.92. The van der Waals surface area contributed by atoms with Crippen molar-refractivity contribution in [3.05, 3.63) is 59.7 Å². The molecule has 0 bridgehead atoms. The first kappa shape index (κ1) is 15.3. The van der Waals surface area contributed by atoms with Crippen molar-refractivity contribution in [2.75, 3.05) is 27.2 Å². The fourth-order valence-corrected chi connectivity index (χ4v) is 2.13. The van der Waals surface area contributed by atoms with Gasteiger partial charge in [-0.3, -0.25) is 4.79 Å². The molecule has 110 valence electrons. The van der Waals surface area contributed by atoms with Gasteiger partial charge in [-0.1, -0.05) is 42.0 Å². The maximum absolute atomic E-state index is 12.0. The van der Waals surface area contributed by atoms with Gasteiger partial charge < -0.3 is 10.2 Å². The van der Waals surface area contributed by atoms with Gasteiger partial charge in [0.2, 0.25) is 0 Å². The van der Waals surface area contributed by atoms with Crippen molar-refractivity contribution in [2.45, 2.75) is 6.92 Å². The minimum absolute atomic E-state index is 0.0207. The molecule has 1 N–H and O–H groups in total. The normalized spacial score (nSPS) is 10.7. The van der Waals surface area contributed by atoms with Crippen molar-refractivity contribution in [2.24, 2.45) is 0 Å². The summed E-state index contributed by atoms with van der Waals surface area (Å²) in [7, 11) is 3.98. The molecule has 2 rings (SSSR count). The van der Waals surface area contributed by atoms with E-state index < -0.39 is 0 Å². The predicted molar refractivity (Wildman–Crippen MR) is 87.5 cm³/mol. The van der Waals surface area contributed by atoms with Crippen molar-refractivity contribution in [1.29, 1.82) is 0 Å². The zero-order valence-electron chi connectivity index (χ0n) is 12.9. The van der Waals surface area contributed by atoms with Crippen LogP contribution in [0.15, 0.2) is 48.5 Å². The van der Waals surface area contributed by atoms with E-state index in [0.717, 1.165) is 12.1 Å². The van der Waals surface area contributed by atoms with Crippen molar-refractivity contribution < 1.29 is 4.79 Å². The van der Waals surface area contributed by atoms with Gasteiger partial charge >= 0.3 is 0 Å². The van der Waals surface area contributed by atoms with Gasteiger partial charge in [-0.2, -0.15) is 0 Å². The van der Waals surface area contributed by atoms with E-state index >= 15 is 0 Å². The first-order valence-corrected chi connectivity index (χ1v) is 7.16.